The molecular weight excluding hydrogens is 535 g/mol. The van der Waals surface area contributed by atoms with E-state index in [2.05, 4.69) is 4.98 Å². The molecule has 0 saturated carbocycles. The van der Waals surface area contributed by atoms with E-state index in [1.807, 2.05) is 20.8 Å². The predicted molar refractivity (Wildman–Crippen MR) is 142 cm³/mol. The van der Waals surface area contributed by atoms with E-state index in [9.17, 15) is 24.4 Å². The van der Waals surface area contributed by atoms with Gasteiger partial charge in [0.25, 0.3) is 5.56 Å². The maximum Gasteiger partial charge on any atom is 0.380 e. The Bertz CT molecular complexity index is 1360. The third-order valence-electron chi connectivity index (χ3n) is 5.61. The molecule has 11 nitrogen and oxygen atoms in total. The number of hydrogen-bond donors (Lipinski definition) is 3. The van der Waals surface area contributed by atoms with Crippen molar-refractivity contribution in [1.82, 2.24) is 9.55 Å². The minimum absolute atomic E-state index is 0.0919. The zero-order valence-corrected chi connectivity index (χ0v) is 23.5. The fourth-order valence-electron chi connectivity index (χ4n) is 3.56. The second-order valence-corrected chi connectivity index (χ2v) is 12.9. The minimum atomic E-state index is -4.49. The molecule has 3 rings (SSSR count). The van der Waals surface area contributed by atoms with Crippen molar-refractivity contribution in [2.75, 3.05) is 19.3 Å². The lowest BCUT2D eigenvalue weighted by Gasteiger charge is -2.28. The molecule has 3 N–H and O–H groups in total. The number of aromatic amines is 1. The fourth-order valence-corrected chi connectivity index (χ4v) is 5.53. The van der Waals surface area contributed by atoms with Gasteiger partial charge in [0.15, 0.2) is 11.0 Å². The molecule has 38 heavy (non-hydrogen) atoms. The van der Waals surface area contributed by atoms with Crippen molar-refractivity contribution >= 4 is 25.8 Å². The lowest BCUT2D eigenvalue weighted by Crippen LogP contribution is -2.44. The number of nitrogens with zero attached hydrogens (tertiary/aromatic N) is 1. The third-order valence-corrected chi connectivity index (χ3v) is 7.79. The topological polar surface area (TPSA) is 149 Å². The molecular formula is C25H35N2O9PS. The summed E-state index contributed by atoms with van der Waals surface area (Å²) < 4.78 is 54.3. The fraction of sp³-hybridized carbons (Fsp3) is 0.560. The van der Waals surface area contributed by atoms with Gasteiger partial charge in [-0.25, -0.2) is 4.57 Å². The second-order valence-electron chi connectivity index (χ2n) is 10.6. The molecule has 0 aliphatic carbocycles. The highest BCUT2D eigenvalue weighted by molar-refractivity contribution is 7.71. The number of H-pyrrole nitrogens is 1. The van der Waals surface area contributed by atoms with Gasteiger partial charge < -0.3 is 24.2 Å². The summed E-state index contributed by atoms with van der Waals surface area (Å²) >= 11 is 5.13. The highest BCUT2D eigenvalue weighted by Crippen LogP contribution is 2.51. The van der Waals surface area contributed by atoms with Gasteiger partial charge in [-0.1, -0.05) is 45.9 Å². The van der Waals surface area contributed by atoms with Crippen LogP contribution in [0, 0.1) is 16.1 Å². The van der Waals surface area contributed by atoms with Crippen LogP contribution in [0.4, 0.5) is 0 Å². The normalized spacial score (nSPS) is 27.1. The molecule has 1 aromatic carbocycles. The first kappa shape index (κ1) is 27.2. The summed E-state index contributed by atoms with van der Waals surface area (Å²) in [7, 11) is -4.49. The van der Waals surface area contributed by atoms with Gasteiger partial charge in [0, 0.05) is 12.3 Å². The molecule has 210 valence electrons. The number of aliphatic hydroxyl groups excluding tert-OH is 1. The van der Waals surface area contributed by atoms with Gasteiger partial charge >= 0.3 is 13.6 Å². The van der Waals surface area contributed by atoms with Crippen molar-refractivity contribution in [1.29, 1.82) is 0 Å². The smallest absolute Gasteiger partial charge is 0.380 e. The van der Waals surface area contributed by atoms with Gasteiger partial charge in [-0.2, -0.15) is 0 Å². The van der Waals surface area contributed by atoms with Crippen LogP contribution in [-0.2, 0) is 23.4 Å². The van der Waals surface area contributed by atoms with Crippen molar-refractivity contribution < 1.29 is 40.8 Å². The highest BCUT2D eigenvalue weighted by atomic mass is 32.1. The molecule has 1 aromatic heterocycles. The number of aliphatic hydroxyl groups is 2. The van der Waals surface area contributed by atoms with Gasteiger partial charge in [0.1, 0.15) is 23.6 Å². The summed E-state index contributed by atoms with van der Waals surface area (Å²) in [5.74, 6) is -1.60. The Balaban J connectivity index is 1.90. The van der Waals surface area contributed by atoms with E-state index in [0.717, 1.165) is 10.6 Å². The van der Waals surface area contributed by atoms with Crippen molar-refractivity contribution in [3.63, 3.8) is 0 Å². The predicted octanol–water partition coefficient (Wildman–Crippen LogP) is 3.43. The Hall–Kier alpha value is -2.34. The molecule has 1 unspecified atom stereocenters. The van der Waals surface area contributed by atoms with Gasteiger partial charge in [0.05, 0.1) is 28.0 Å². The number of aromatic nitrogens is 2. The van der Waals surface area contributed by atoms with Crippen molar-refractivity contribution in [3.05, 3.63) is 57.7 Å². The van der Waals surface area contributed by atoms with Crippen LogP contribution < -0.4 is 10.1 Å². The first-order valence-corrected chi connectivity index (χ1v) is 14.1. The van der Waals surface area contributed by atoms with Crippen LogP contribution in [0.5, 0.6) is 5.75 Å². The number of rotatable bonds is 10. The molecule has 2 heterocycles. The number of carbonyl (C=O) groups is 1. The lowest BCUT2D eigenvalue weighted by atomic mass is 9.96. The molecule has 1 fully saturated rings. The second kappa shape index (κ2) is 11.8. The SMILES string of the molecule is [2H]C([2H])(O[P@@](=O)(C[C@@H](C)C(=O)OCC(C)(C)C)Oc1ccccc1)[C@H]1O[C@@H](n2ccc(=O)[nH]c2=S)C(C)(O)[C@H]1O. The Morgan fingerprint density at radius 3 is 2.61 bits per heavy atom. The van der Waals surface area contributed by atoms with E-state index in [1.165, 1.54) is 32.2 Å². The maximum absolute atomic E-state index is 14.0. The van der Waals surface area contributed by atoms with Crippen molar-refractivity contribution in [2.45, 2.75) is 58.7 Å². The molecule has 6 atom stereocenters. The van der Waals surface area contributed by atoms with Crippen LogP contribution in [0.2, 0.25) is 0 Å². The first-order valence-electron chi connectivity index (χ1n) is 12.9. The molecule has 0 radical (unpaired) electrons. The maximum atomic E-state index is 14.0. The summed E-state index contributed by atoms with van der Waals surface area (Å²) in [4.78, 5) is 26.6. The monoisotopic (exact) mass is 572 g/mol. The molecule has 0 amide bonds. The summed E-state index contributed by atoms with van der Waals surface area (Å²) in [6, 6.07) is 8.98. The van der Waals surface area contributed by atoms with Gasteiger partial charge in [-0.3, -0.25) is 23.7 Å². The number of benzene rings is 1. The number of hydrogen-bond acceptors (Lipinski definition) is 10. The van der Waals surface area contributed by atoms with Crippen LogP contribution in [0.1, 0.15) is 43.6 Å². The van der Waals surface area contributed by atoms with Crippen LogP contribution in [-0.4, -0.2) is 62.9 Å². The Morgan fingerprint density at radius 2 is 2.00 bits per heavy atom. The van der Waals surface area contributed by atoms with E-state index in [4.69, 9.17) is 33.5 Å². The summed E-state index contributed by atoms with van der Waals surface area (Å²) in [6.45, 7) is 5.36. The standard InChI is InChI=1S/C25H35N2O9PS/c1-16(21(30)33-15-24(2,3)4)14-37(32,36-17-9-7-6-8-10-17)34-13-18-20(29)25(5,31)22(35-18)27-12-11-19(28)26-23(27)38/h6-12,16,18,20,22,29,31H,13-15H2,1-5H3,(H,26,28,38)/t16-,18-,20+,22-,25?,37+/m1/s1/i13D2. The number of esters is 1. The molecule has 2 aromatic rings. The molecule has 0 bridgehead atoms. The van der Waals surface area contributed by atoms with Crippen LogP contribution in [0.3, 0.4) is 0 Å². The zero-order chi connectivity index (χ0) is 30.1. The van der Waals surface area contributed by atoms with Gasteiger partial charge in [-0.15, -0.1) is 0 Å². The summed E-state index contributed by atoms with van der Waals surface area (Å²) in [5.41, 5.74) is -2.94. The minimum Gasteiger partial charge on any atom is -0.465 e. The number of carbonyl (C=O) groups excluding carboxylic acids is 1. The van der Waals surface area contributed by atoms with Gasteiger partial charge in [0.2, 0.25) is 0 Å². The largest absolute Gasteiger partial charge is 0.465 e. The van der Waals surface area contributed by atoms with Crippen LogP contribution in [0.15, 0.2) is 47.4 Å². The Morgan fingerprint density at radius 1 is 1.34 bits per heavy atom. The number of ether oxygens (including phenoxy) is 2. The lowest BCUT2D eigenvalue weighted by molar-refractivity contribution is -0.150. The average molecular weight is 573 g/mol. The zero-order valence-electron chi connectivity index (χ0n) is 23.8. The molecule has 1 aliphatic heterocycles. The molecule has 1 aliphatic rings. The molecule has 13 heteroatoms. The Kier molecular flexibility index (Phi) is 8.47. The first-order chi connectivity index (χ1) is 18.3. The van der Waals surface area contributed by atoms with E-state index in [-0.39, 0.29) is 22.5 Å². The molecule has 0 spiro atoms. The van der Waals surface area contributed by atoms with E-state index >= 15 is 0 Å². The number of para-hydroxylation sites is 1. The third kappa shape index (κ3) is 7.62. The quantitative estimate of drug-likeness (QED) is 0.220. The Labute approximate surface area is 229 Å². The van der Waals surface area contributed by atoms with Crippen LogP contribution >= 0.6 is 19.8 Å². The van der Waals surface area contributed by atoms with Crippen LogP contribution in [0.25, 0.3) is 0 Å². The summed E-state index contributed by atoms with van der Waals surface area (Å²) in [5, 5.41) is 22.0. The van der Waals surface area contributed by atoms with E-state index in [1.54, 1.807) is 18.2 Å². The highest BCUT2D eigenvalue weighted by Gasteiger charge is 2.53. The van der Waals surface area contributed by atoms with E-state index < -0.39 is 61.8 Å². The van der Waals surface area contributed by atoms with Crippen molar-refractivity contribution in [3.8, 4) is 5.75 Å². The molecule has 1 saturated heterocycles. The number of nitrogens with one attached hydrogen (secondary N) is 1. The summed E-state index contributed by atoms with van der Waals surface area (Å²) in [6.07, 6.45) is -4.58. The average Bonchev–Trinajstić information content (AvgIpc) is 3.06. The van der Waals surface area contributed by atoms with Gasteiger partial charge in [-0.05, 0) is 36.7 Å². The van der Waals surface area contributed by atoms with Crippen molar-refractivity contribution in [2.24, 2.45) is 11.3 Å². The van der Waals surface area contributed by atoms with E-state index in [0.29, 0.717) is 0 Å².